The van der Waals surface area contributed by atoms with Gasteiger partial charge in [0.05, 0.1) is 12.9 Å². The van der Waals surface area contributed by atoms with Crippen LogP contribution in [0.25, 0.3) is 11.2 Å². The van der Waals surface area contributed by atoms with Gasteiger partial charge in [-0.3, -0.25) is 4.79 Å². The van der Waals surface area contributed by atoms with Crippen LogP contribution in [0.15, 0.2) is 6.33 Å². The maximum absolute atomic E-state index is 11.6. The molecular formula is C12H19N7O. The second-order valence-corrected chi connectivity index (χ2v) is 4.19. The zero-order chi connectivity index (χ0) is 14.5. The standard InChI is InChI=1S/C12H19N7O/c1-4-14-12-17-10-9(15-7-16-10)11(18-12)19(5-2)6-8(20)13-3/h7H,4-6H2,1-3H3,(H,13,20)(H2,14,15,16,17,18). The van der Waals surface area contributed by atoms with Gasteiger partial charge < -0.3 is 20.5 Å². The van der Waals surface area contributed by atoms with Gasteiger partial charge in [0, 0.05) is 20.1 Å². The van der Waals surface area contributed by atoms with Crippen LogP contribution >= 0.6 is 0 Å². The summed E-state index contributed by atoms with van der Waals surface area (Å²) in [7, 11) is 1.62. The molecule has 2 aromatic rings. The van der Waals surface area contributed by atoms with E-state index in [0.717, 1.165) is 12.1 Å². The Hall–Kier alpha value is -2.38. The Morgan fingerprint density at radius 3 is 2.85 bits per heavy atom. The Morgan fingerprint density at radius 1 is 1.40 bits per heavy atom. The molecule has 108 valence electrons. The third kappa shape index (κ3) is 2.79. The summed E-state index contributed by atoms with van der Waals surface area (Å²) < 4.78 is 0. The second kappa shape index (κ2) is 6.18. The lowest BCUT2D eigenvalue weighted by Gasteiger charge is -2.21. The van der Waals surface area contributed by atoms with E-state index >= 15 is 0 Å². The van der Waals surface area contributed by atoms with Crippen LogP contribution in [0.1, 0.15) is 13.8 Å². The fourth-order valence-corrected chi connectivity index (χ4v) is 1.87. The summed E-state index contributed by atoms with van der Waals surface area (Å²) in [6, 6.07) is 0. The van der Waals surface area contributed by atoms with Gasteiger partial charge in [0.1, 0.15) is 5.52 Å². The number of rotatable bonds is 6. The molecule has 0 atom stereocenters. The molecule has 0 fully saturated rings. The van der Waals surface area contributed by atoms with E-state index in [4.69, 9.17) is 0 Å². The third-order valence-electron chi connectivity index (χ3n) is 2.90. The number of nitrogens with zero attached hydrogens (tertiary/aromatic N) is 4. The molecule has 3 N–H and O–H groups in total. The molecule has 0 unspecified atom stereocenters. The number of carbonyl (C=O) groups excluding carboxylic acids is 1. The summed E-state index contributed by atoms with van der Waals surface area (Å²) in [5.74, 6) is 1.12. The van der Waals surface area contributed by atoms with E-state index < -0.39 is 0 Å². The number of anilines is 2. The van der Waals surface area contributed by atoms with E-state index in [9.17, 15) is 4.79 Å². The molecule has 2 rings (SSSR count). The Morgan fingerprint density at radius 2 is 2.20 bits per heavy atom. The zero-order valence-corrected chi connectivity index (χ0v) is 11.9. The predicted molar refractivity (Wildman–Crippen MR) is 77.8 cm³/mol. The van der Waals surface area contributed by atoms with Crippen molar-refractivity contribution in [1.82, 2.24) is 25.3 Å². The molecule has 8 heteroatoms. The van der Waals surface area contributed by atoms with Gasteiger partial charge in [0.2, 0.25) is 11.9 Å². The highest BCUT2D eigenvalue weighted by Gasteiger charge is 2.17. The second-order valence-electron chi connectivity index (χ2n) is 4.19. The van der Waals surface area contributed by atoms with E-state index in [-0.39, 0.29) is 12.5 Å². The lowest BCUT2D eigenvalue weighted by molar-refractivity contribution is -0.119. The maximum atomic E-state index is 11.6. The number of amides is 1. The van der Waals surface area contributed by atoms with Crippen molar-refractivity contribution < 1.29 is 4.79 Å². The zero-order valence-electron chi connectivity index (χ0n) is 11.9. The molecule has 20 heavy (non-hydrogen) atoms. The molecular weight excluding hydrogens is 258 g/mol. The number of fused-ring (bicyclic) bond motifs is 1. The maximum Gasteiger partial charge on any atom is 0.239 e. The van der Waals surface area contributed by atoms with Crippen LogP contribution in [-0.4, -0.2) is 52.5 Å². The number of hydrogen-bond donors (Lipinski definition) is 3. The SMILES string of the molecule is CCNc1nc(N(CC)CC(=O)NC)c2[nH]cnc2n1. The molecule has 0 bridgehead atoms. The minimum absolute atomic E-state index is 0.0665. The van der Waals surface area contributed by atoms with Crippen LogP contribution in [0.2, 0.25) is 0 Å². The van der Waals surface area contributed by atoms with Gasteiger partial charge in [0.25, 0.3) is 0 Å². The molecule has 1 amide bonds. The monoisotopic (exact) mass is 277 g/mol. The molecule has 0 saturated carbocycles. The fourth-order valence-electron chi connectivity index (χ4n) is 1.87. The summed E-state index contributed by atoms with van der Waals surface area (Å²) in [4.78, 5) is 29.5. The van der Waals surface area contributed by atoms with E-state index in [1.165, 1.54) is 0 Å². The summed E-state index contributed by atoms with van der Waals surface area (Å²) in [6.07, 6.45) is 1.58. The molecule has 0 aromatic carbocycles. The first-order valence-electron chi connectivity index (χ1n) is 6.60. The van der Waals surface area contributed by atoms with E-state index in [1.807, 2.05) is 18.7 Å². The number of imidazole rings is 1. The van der Waals surface area contributed by atoms with Crippen molar-refractivity contribution in [2.75, 3.05) is 36.9 Å². The van der Waals surface area contributed by atoms with Gasteiger partial charge in [-0.2, -0.15) is 9.97 Å². The number of aromatic amines is 1. The highest BCUT2D eigenvalue weighted by atomic mass is 16.1. The molecule has 0 aliphatic heterocycles. The normalized spacial score (nSPS) is 10.6. The molecule has 2 heterocycles. The molecule has 2 aromatic heterocycles. The van der Waals surface area contributed by atoms with Gasteiger partial charge in [-0.25, -0.2) is 4.98 Å². The van der Waals surface area contributed by atoms with Gasteiger partial charge in [-0.1, -0.05) is 0 Å². The average Bonchev–Trinajstić information content (AvgIpc) is 2.92. The molecule has 0 radical (unpaired) electrons. The average molecular weight is 277 g/mol. The summed E-state index contributed by atoms with van der Waals surface area (Å²) in [6.45, 7) is 5.56. The summed E-state index contributed by atoms with van der Waals surface area (Å²) in [5.41, 5.74) is 1.32. The van der Waals surface area contributed by atoms with Crippen LogP contribution in [0.5, 0.6) is 0 Å². The van der Waals surface area contributed by atoms with Crippen molar-refractivity contribution in [3.63, 3.8) is 0 Å². The number of H-pyrrole nitrogens is 1. The topological polar surface area (TPSA) is 98.8 Å². The number of carbonyl (C=O) groups is 1. The number of likely N-dealkylation sites (N-methyl/N-ethyl adjacent to an activating group) is 2. The Balaban J connectivity index is 2.43. The van der Waals surface area contributed by atoms with Crippen molar-refractivity contribution >= 4 is 28.8 Å². The summed E-state index contributed by atoms with van der Waals surface area (Å²) in [5, 5.41) is 5.69. The first-order valence-corrected chi connectivity index (χ1v) is 6.60. The first-order chi connectivity index (χ1) is 9.69. The molecule has 0 spiro atoms. The van der Waals surface area contributed by atoms with Crippen LogP contribution in [-0.2, 0) is 4.79 Å². The van der Waals surface area contributed by atoms with Crippen LogP contribution in [0.4, 0.5) is 11.8 Å². The molecule has 0 aliphatic carbocycles. The Bertz CT molecular complexity index is 595. The fraction of sp³-hybridized carbons (Fsp3) is 0.500. The van der Waals surface area contributed by atoms with Gasteiger partial charge in [-0.15, -0.1) is 0 Å². The quantitative estimate of drug-likeness (QED) is 0.705. The third-order valence-corrected chi connectivity index (χ3v) is 2.90. The van der Waals surface area contributed by atoms with E-state index in [2.05, 4.69) is 30.6 Å². The van der Waals surface area contributed by atoms with Gasteiger partial charge >= 0.3 is 0 Å². The highest BCUT2D eigenvalue weighted by molar-refractivity contribution is 5.88. The number of hydrogen-bond acceptors (Lipinski definition) is 6. The van der Waals surface area contributed by atoms with Gasteiger partial charge in [-0.05, 0) is 13.8 Å². The van der Waals surface area contributed by atoms with Crippen molar-refractivity contribution in [2.45, 2.75) is 13.8 Å². The minimum atomic E-state index is -0.0665. The summed E-state index contributed by atoms with van der Waals surface area (Å²) >= 11 is 0. The van der Waals surface area contributed by atoms with E-state index in [1.54, 1.807) is 13.4 Å². The Labute approximate surface area is 117 Å². The number of aromatic nitrogens is 4. The molecule has 8 nitrogen and oxygen atoms in total. The first kappa shape index (κ1) is 14.0. The largest absolute Gasteiger partial charge is 0.358 e. The van der Waals surface area contributed by atoms with Crippen molar-refractivity contribution in [3.05, 3.63) is 6.33 Å². The van der Waals surface area contributed by atoms with Crippen molar-refractivity contribution in [1.29, 1.82) is 0 Å². The Kier molecular flexibility index (Phi) is 4.34. The van der Waals surface area contributed by atoms with Crippen LogP contribution < -0.4 is 15.5 Å². The highest BCUT2D eigenvalue weighted by Crippen LogP contribution is 2.22. The van der Waals surface area contributed by atoms with E-state index in [0.29, 0.717) is 24.0 Å². The lowest BCUT2D eigenvalue weighted by Crippen LogP contribution is -2.36. The van der Waals surface area contributed by atoms with Crippen LogP contribution in [0.3, 0.4) is 0 Å². The van der Waals surface area contributed by atoms with Crippen molar-refractivity contribution in [3.8, 4) is 0 Å². The van der Waals surface area contributed by atoms with Crippen LogP contribution in [0, 0.1) is 0 Å². The van der Waals surface area contributed by atoms with Crippen molar-refractivity contribution in [2.24, 2.45) is 0 Å². The lowest BCUT2D eigenvalue weighted by atomic mass is 10.4. The molecule has 0 saturated heterocycles. The minimum Gasteiger partial charge on any atom is -0.358 e. The van der Waals surface area contributed by atoms with Gasteiger partial charge in [0.15, 0.2) is 11.5 Å². The number of nitrogens with one attached hydrogen (secondary N) is 3. The molecule has 0 aliphatic rings. The predicted octanol–water partition coefficient (Wildman–Crippen LogP) is 0.357. The smallest absolute Gasteiger partial charge is 0.239 e.